The molecule has 0 spiro atoms. The molecule has 3 heterocycles. The van der Waals surface area contributed by atoms with Gasteiger partial charge in [0.1, 0.15) is 23.1 Å². The number of likely N-dealkylation sites (tertiary alicyclic amines) is 1. The van der Waals surface area contributed by atoms with Gasteiger partial charge in [-0.05, 0) is 45.7 Å². The number of hydrogen-bond donors (Lipinski definition) is 3. The van der Waals surface area contributed by atoms with Gasteiger partial charge in [-0.3, -0.25) is 9.78 Å². The third kappa shape index (κ3) is 10.8. The highest BCUT2D eigenvalue weighted by Gasteiger charge is 2.38. The molecule has 0 radical (unpaired) electrons. The number of piperidine rings is 1. The quantitative estimate of drug-likeness (QED) is 0.266. The highest BCUT2D eigenvalue weighted by Crippen LogP contribution is 2.29. The zero-order chi connectivity index (χ0) is 33.4. The van der Waals surface area contributed by atoms with E-state index < -0.39 is 29.8 Å². The van der Waals surface area contributed by atoms with E-state index >= 15 is 0 Å². The third-order valence-corrected chi connectivity index (χ3v) is 6.42. The number of carboxylic acid groups (broad SMARTS) is 1. The number of benzene rings is 1. The molecule has 1 saturated heterocycles. The average Bonchev–Trinajstić information content (AvgIpc) is 2.97. The van der Waals surface area contributed by atoms with E-state index in [0.717, 1.165) is 0 Å². The van der Waals surface area contributed by atoms with Crippen LogP contribution in [0.25, 0.3) is 11.3 Å². The number of anilines is 2. The summed E-state index contributed by atoms with van der Waals surface area (Å²) in [7, 11) is 0. The summed E-state index contributed by atoms with van der Waals surface area (Å²) in [6, 6.07) is 8.10. The summed E-state index contributed by atoms with van der Waals surface area (Å²) in [6.45, 7) is 6.47. The number of alkyl halides is 3. The van der Waals surface area contributed by atoms with Crippen molar-refractivity contribution in [2.24, 2.45) is 5.92 Å². The smallest absolute Gasteiger partial charge is 0.475 e. The van der Waals surface area contributed by atoms with Crippen LogP contribution in [0, 0.1) is 11.7 Å². The molecule has 4 rings (SSSR count). The number of pyridine rings is 1. The molecule has 16 heteroatoms. The third-order valence-electron chi connectivity index (χ3n) is 6.12. The van der Waals surface area contributed by atoms with Gasteiger partial charge in [-0.2, -0.15) is 13.2 Å². The van der Waals surface area contributed by atoms with Crippen LogP contribution < -0.4 is 10.6 Å². The first-order valence-corrected chi connectivity index (χ1v) is 14.0. The molecule has 1 unspecified atom stereocenters. The van der Waals surface area contributed by atoms with Crippen molar-refractivity contribution < 1.29 is 41.8 Å². The maximum absolute atomic E-state index is 13.9. The lowest BCUT2D eigenvalue weighted by molar-refractivity contribution is -0.192. The Morgan fingerprint density at radius 1 is 1.11 bits per heavy atom. The Morgan fingerprint density at radius 3 is 2.44 bits per heavy atom. The summed E-state index contributed by atoms with van der Waals surface area (Å²) in [5.41, 5.74) is 0.876. The van der Waals surface area contributed by atoms with Crippen LogP contribution in [0.4, 0.5) is 34.0 Å². The second kappa shape index (κ2) is 15.0. The van der Waals surface area contributed by atoms with Gasteiger partial charge in [0.15, 0.2) is 0 Å². The van der Waals surface area contributed by atoms with E-state index in [1.165, 1.54) is 18.5 Å². The molecule has 242 valence electrons. The lowest BCUT2D eigenvalue weighted by Gasteiger charge is -2.33. The molecule has 2 amide bonds. The van der Waals surface area contributed by atoms with E-state index in [4.69, 9.17) is 26.2 Å². The highest BCUT2D eigenvalue weighted by molar-refractivity contribution is 6.33. The van der Waals surface area contributed by atoms with Crippen molar-refractivity contribution in [2.75, 3.05) is 23.7 Å². The van der Waals surface area contributed by atoms with E-state index in [1.54, 1.807) is 35.4 Å². The number of ether oxygens (including phenoxy) is 1. The lowest BCUT2D eigenvalue weighted by atomic mass is 9.97. The van der Waals surface area contributed by atoms with E-state index in [2.05, 4.69) is 25.6 Å². The van der Waals surface area contributed by atoms with Crippen LogP contribution in [-0.4, -0.2) is 67.8 Å². The summed E-state index contributed by atoms with van der Waals surface area (Å²) >= 11 is 6.40. The molecule has 1 aromatic carbocycles. The van der Waals surface area contributed by atoms with Crippen LogP contribution in [0.5, 0.6) is 0 Å². The van der Waals surface area contributed by atoms with Gasteiger partial charge in [-0.15, -0.1) is 0 Å². The fraction of sp³-hybridized carbons (Fsp3) is 0.379. The van der Waals surface area contributed by atoms with Crippen molar-refractivity contribution in [3.63, 3.8) is 0 Å². The number of aromatic nitrogens is 3. The number of carbonyl (C=O) groups excluding carboxylic acids is 2. The Balaban J connectivity index is 0.000000707. The summed E-state index contributed by atoms with van der Waals surface area (Å²) in [5, 5.41) is 13.4. The fourth-order valence-corrected chi connectivity index (χ4v) is 4.22. The Kier molecular flexibility index (Phi) is 11.6. The Bertz CT molecular complexity index is 1520. The van der Waals surface area contributed by atoms with Crippen molar-refractivity contribution in [3.05, 3.63) is 65.3 Å². The molecule has 0 bridgehead atoms. The fourth-order valence-electron chi connectivity index (χ4n) is 4.02. The van der Waals surface area contributed by atoms with Crippen LogP contribution >= 0.6 is 11.6 Å². The molecule has 45 heavy (non-hydrogen) atoms. The number of nitrogens with one attached hydrogen (secondary N) is 2. The monoisotopic (exact) mass is 654 g/mol. The van der Waals surface area contributed by atoms with Crippen LogP contribution in [0.3, 0.4) is 0 Å². The number of nitrogens with zero attached hydrogens (tertiary/aromatic N) is 4. The Morgan fingerprint density at radius 2 is 1.80 bits per heavy atom. The van der Waals surface area contributed by atoms with Crippen molar-refractivity contribution in [1.82, 2.24) is 19.9 Å². The van der Waals surface area contributed by atoms with Crippen molar-refractivity contribution >= 4 is 41.2 Å². The van der Waals surface area contributed by atoms with E-state index in [9.17, 15) is 27.2 Å². The SMILES string of the molecule is CC(C)(C)OC(=O)N1CCCC(C(=O)Nc2cc(-c3cncc(NCc4ccccc4F)n3)c(Cl)cn2)C1.O=C(O)C(F)(F)F. The predicted octanol–water partition coefficient (Wildman–Crippen LogP) is 6.16. The number of hydrogen-bond acceptors (Lipinski definition) is 8. The van der Waals surface area contributed by atoms with Gasteiger partial charge in [-0.1, -0.05) is 29.8 Å². The topological polar surface area (TPSA) is 147 Å². The average molecular weight is 655 g/mol. The minimum absolute atomic E-state index is 0.234. The van der Waals surface area contributed by atoms with E-state index in [1.807, 2.05) is 20.8 Å². The second-order valence-electron chi connectivity index (χ2n) is 10.8. The first kappa shape index (κ1) is 35.0. The van der Waals surface area contributed by atoms with E-state index in [0.29, 0.717) is 52.9 Å². The molecule has 1 aliphatic heterocycles. The van der Waals surface area contributed by atoms with Gasteiger partial charge < -0.3 is 25.4 Å². The maximum Gasteiger partial charge on any atom is 0.490 e. The zero-order valence-electron chi connectivity index (χ0n) is 24.5. The van der Waals surface area contributed by atoms with Gasteiger partial charge in [0, 0.05) is 37.0 Å². The molecule has 3 N–H and O–H groups in total. The molecular formula is C29H31ClF4N6O5. The molecular weight excluding hydrogens is 624 g/mol. The van der Waals surface area contributed by atoms with Gasteiger partial charge in [0.25, 0.3) is 0 Å². The first-order valence-electron chi connectivity index (χ1n) is 13.6. The number of aliphatic carboxylic acids is 1. The second-order valence-corrected chi connectivity index (χ2v) is 11.2. The minimum atomic E-state index is -5.08. The summed E-state index contributed by atoms with van der Waals surface area (Å²) in [4.78, 5) is 48.9. The first-order chi connectivity index (χ1) is 21.0. The number of carboxylic acids is 1. The molecule has 1 fully saturated rings. The van der Waals surface area contributed by atoms with Crippen molar-refractivity contribution in [2.45, 2.75) is 51.9 Å². The van der Waals surface area contributed by atoms with Crippen molar-refractivity contribution in [1.29, 1.82) is 0 Å². The standard InChI is InChI=1S/C27H30ClFN6O3.C2HF3O2/c1-27(2,3)38-26(37)35-10-6-8-18(16-35)25(36)34-23-11-19(20(28)13-32-23)22-14-30-15-24(33-22)31-12-17-7-4-5-9-21(17)29;3-2(4,5)1(6)7/h4-5,7,9,11,13-15,18H,6,8,10,12,16H2,1-3H3,(H,31,33)(H,32,34,36);(H,6,7). The molecule has 0 saturated carbocycles. The Labute approximate surface area is 261 Å². The van der Waals surface area contributed by atoms with Gasteiger partial charge >= 0.3 is 18.2 Å². The summed E-state index contributed by atoms with van der Waals surface area (Å²) in [5.74, 6) is -2.97. The summed E-state index contributed by atoms with van der Waals surface area (Å²) < 4.78 is 51.1. The van der Waals surface area contributed by atoms with Crippen LogP contribution in [-0.2, 0) is 20.9 Å². The van der Waals surface area contributed by atoms with Crippen LogP contribution in [0.2, 0.25) is 5.02 Å². The molecule has 1 aliphatic rings. The van der Waals surface area contributed by atoms with Gasteiger partial charge in [0.2, 0.25) is 5.91 Å². The zero-order valence-corrected chi connectivity index (χ0v) is 25.2. The molecule has 1 atom stereocenters. The Hall–Kier alpha value is -4.53. The highest BCUT2D eigenvalue weighted by atomic mass is 35.5. The van der Waals surface area contributed by atoms with Gasteiger partial charge in [0.05, 0.1) is 29.0 Å². The summed E-state index contributed by atoms with van der Waals surface area (Å²) in [6.07, 6.45) is 0.333. The number of rotatable bonds is 6. The predicted molar refractivity (Wildman–Crippen MR) is 157 cm³/mol. The van der Waals surface area contributed by atoms with E-state index in [-0.39, 0.29) is 24.8 Å². The normalized spacial score (nSPS) is 14.9. The van der Waals surface area contributed by atoms with Crippen molar-refractivity contribution in [3.8, 4) is 11.3 Å². The van der Waals surface area contributed by atoms with Gasteiger partial charge in [-0.25, -0.2) is 23.9 Å². The largest absolute Gasteiger partial charge is 0.490 e. The molecule has 11 nitrogen and oxygen atoms in total. The number of amides is 2. The van der Waals surface area contributed by atoms with Crippen LogP contribution in [0.15, 0.2) is 48.9 Å². The number of carbonyl (C=O) groups is 3. The van der Waals surface area contributed by atoms with Crippen LogP contribution in [0.1, 0.15) is 39.2 Å². The molecule has 2 aromatic heterocycles. The lowest BCUT2D eigenvalue weighted by Crippen LogP contribution is -2.45. The molecule has 0 aliphatic carbocycles. The minimum Gasteiger partial charge on any atom is -0.475 e. The molecule has 3 aromatic rings. The number of halogens is 5. The maximum atomic E-state index is 13.9.